The van der Waals surface area contributed by atoms with Gasteiger partial charge in [-0.05, 0) is 32.0 Å². The quantitative estimate of drug-likeness (QED) is 0.805. The van der Waals surface area contributed by atoms with Crippen LogP contribution in [0.5, 0.6) is 11.5 Å². The number of rotatable bonds is 5. The second kappa shape index (κ2) is 7.49. The molecule has 1 heterocycles. The molecule has 8 heteroatoms. The molecule has 0 spiro atoms. The Hall–Kier alpha value is -3.03. The standard InChI is InChI=1S/C16H20N4O4/c1-10(2)24-13-6-5-11(7-14(13)23-4)15(21)18-19-16(22)12-8-17-20(3)9-12/h5-10H,1-4H3,(H,18,21)(H,19,22). The summed E-state index contributed by atoms with van der Waals surface area (Å²) in [5, 5.41) is 3.89. The second-order valence-corrected chi connectivity index (χ2v) is 5.34. The maximum absolute atomic E-state index is 12.1. The molecule has 0 fully saturated rings. The molecule has 1 aromatic heterocycles. The third-order valence-corrected chi connectivity index (χ3v) is 3.05. The third-order valence-electron chi connectivity index (χ3n) is 3.05. The molecule has 8 nitrogen and oxygen atoms in total. The highest BCUT2D eigenvalue weighted by Gasteiger charge is 2.14. The number of hydrogen-bond donors (Lipinski definition) is 2. The number of ether oxygens (including phenoxy) is 2. The molecule has 0 saturated carbocycles. The highest BCUT2D eigenvalue weighted by atomic mass is 16.5. The van der Waals surface area contributed by atoms with Gasteiger partial charge < -0.3 is 9.47 Å². The van der Waals surface area contributed by atoms with Gasteiger partial charge in [0.2, 0.25) is 0 Å². The molecular weight excluding hydrogens is 312 g/mol. The predicted molar refractivity (Wildman–Crippen MR) is 86.9 cm³/mol. The lowest BCUT2D eigenvalue weighted by molar-refractivity contribution is 0.0846. The van der Waals surface area contributed by atoms with Crippen molar-refractivity contribution in [3.05, 3.63) is 41.7 Å². The van der Waals surface area contributed by atoms with E-state index in [9.17, 15) is 9.59 Å². The van der Waals surface area contributed by atoms with E-state index in [1.54, 1.807) is 31.4 Å². The SMILES string of the molecule is COc1cc(C(=O)NNC(=O)c2cnn(C)c2)ccc1OC(C)C. The van der Waals surface area contributed by atoms with Crippen molar-refractivity contribution in [2.75, 3.05) is 7.11 Å². The van der Waals surface area contributed by atoms with E-state index in [1.165, 1.54) is 18.0 Å². The molecule has 0 aliphatic rings. The van der Waals surface area contributed by atoms with Crippen molar-refractivity contribution in [3.63, 3.8) is 0 Å². The maximum Gasteiger partial charge on any atom is 0.272 e. The Bertz CT molecular complexity index is 739. The van der Waals surface area contributed by atoms with E-state index in [1.807, 2.05) is 13.8 Å². The average molecular weight is 332 g/mol. The Kier molecular flexibility index (Phi) is 5.41. The number of aryl methyl sites for hydroxylation is 1. The fourth-order valence-electron chi connectivity index (χ4n) is 1.96. The molecule has 0 aliphatic heterocycles. The summed E-state index contributed by atoms with van der Waals surface area (Å²) in [5.74, 6) is 0.0585. The van der Waals surface area contributed by atoms with Crippen molar-refractivity contribution in [1.29, 1.82) is 0 Å². The van der Waals surface area contributed by atoms with Crippen molar-refractivity contribution in [1.82, 2.24) is 20.6 Å². The lowest BCUT2D eigenvalue weighted by Crippen LogP contribution is -2.41. The van der Waals surface area contributed by atoms with Crippen LogP contribution in [0.15, 0.2) is 30.6 Å². The van der Waals surface area contributed by atoms with Gasteiger partial charge in [-0.1, -0.05) is 0 Å². The molecule has 0 aliphatic carbocycles. The molecule has 2 rings (SSSR count). The Morgan fingerprint density at radius 3 is 2.33 bits per heavy atom. The van der Waals surface area contributed by atoms with Crippen LogP contribution in [-0.4, -0.2) is 34.8 Å². The van der Waals surface area contributed by atoms with Gasteiger partial charge in [0, 0.05) is 18.8 Å². The van der Waals surface area contributed by atoms with Gasteiger partial charge in [0.05, 0.1) is 25.0 Å². The number of carbonyl (C=O) groups excluding carboxylic acids is 2. The summed E-state index contributed by atoms with van der Waals surface area (Å²) >= 11 is 0. The van der Waals surface area contributed by atoms with E-state index < -0.39 is 11.8 Å². The van der Waals surface area contributed by atoms with Gasteiger partial charge in [-0.15, -0.1) is 0 Å². The summed E-state index contributed by atoms with van der Waals surface area (Å²) in [6.45, 7) is 3.79. The molecular formula is C16H20N4O4. The summed E-state index contributed by atoms with van der Waals surface area (Å²) in [4.78, 5) is 24.0. The fourth-order valence-corrected chi connectivity index (χ4v) is 1.96. The number of nitrogens with one attached hydrogen (secondary N) is 2. The monoisotopic (exact) mass is 332 g/mol. The van der Waals surface area contributed by atoms with E-state index in [2.05, 4.69) is 16.0 Å². The van der Waals surface area contributed by atoms with Crippen LogP contribution in [0.25, 0.3) is 0 Å². The number of carbonyl (C=O) groups is 2. The smallest absolute Gasteiger partial charge is 0.272 e. The van der Waals surface area contributed by atoms with Crippen molar-refractivity contribution < 1.29 is 19.1 Å². The first kappa shape index (κ1) is 17.3. The van der Waals surface area contributed by atoms with Gasteiger partial charge in [0.15, 0.2) is 11.5 Å². The van der Waals surface area contributed by atoms with Crippen LogP contribution in [0.1, 0.15) is 34.6 Å². The first-order valence-electron chi connectivity index (χ1n) is 7.34. The van der Waals surface area contributed by atoms with E-state index in [4.69, 9.17) is 9.47 Å². The first-order chi connectivity index (χ1) is 11.4. The van der Waals surface area contributed by atoms with Gasteiger partial charge in [0.1, 0.15) is 0 Å². The number of benzene rings is 1. The molecule has 1 aromatic carbocycles. The zero-order valence-corrected chi connectivity index (χ0v) is 14.0. The van der Waals surface area contributed by atoms with Gasteiger partial charge in [-0.3, -0.25) is 25.1 Å². The highest BCUT2D eigenvalue weighted by molar-refractivity contribution is 5.99. The zero-order valence-electron chi connectivity index (χ0n) is 14.0. The van der Waals surface area contributed by atoms with Crippen molar-refractivity contribution in [3.8, 4) is 11.5 Å². The fraction of sp³-hybridized carbons (Fsp3) is 0.312. The Labute approximate surface area is 139 Å². The molecule has 2 N–H and O–H groups in total. The normalized spacial score (nSPS) is 10.4. The molecule has 0 bridgehead atoms. The third kappa shape index (κ3) is 4.25. The lowest BCUT2D eigenvalue weighted by Gasteiger charge is -2.14. The van der Waals surface area contributed by atoms with E-state index in [0.29, 0.717) is 22.6 Å². The van der Waals surface area contributed by atoms with Crippen LogP contribution in [0.3, 0.4) is 0 Å². The zero-order chi connectivity index (χ0) is 17.7. The summed E-state index contributed by atoms with van der Waals surface area (Å²) in [7, 11) is 3.19. The lowest BCUT2D eigenvalue weighted by atomic mass is 10.2. The van der Waals surface area contributed by atoms with Crippen LogP contribution in [0, 0.1) is 0 Å². The number of amides is 2. The summed E-state index contributed by atoms with van der Waals surface area (Å²) in [5.41, 5.74) is 5.35. The minimum absolute atomic E-state index is 0.0163. The number of aromatic nitrogens is 2. The van der Waals surface area contributed by atoms with Crippen LogP contribution >= 0.6 is 0 Å². The van der Waals surface area contributed by atoms with Gasteiger partial charge >= 0.3 is 0 Å². The summed E-state index contributed by atoms with van der Waals surface area (Å²) in [6.07, 6.45) is 2.93. The predicted octanol–water partition coefficient (Wildman–Crippen LogP) is 1.29. The van der Waals surface area contributed by atoms with Gasteiger partial charge in [0.25, 0.3) is 11.8 Å². The van der Waals surface area contributed by atoms with Crippen LogP contribution < -0.4 is 20.3 Å². The Balaban J connectivity index is 2.03. The van der Waals surface area contributed by atoms with Crippen LogP contribution in [-0.2, 0) is 7.05 Å². The number of hydrogen-bond acceptors (Lipinski definition) is 5. The van der Waals surface area contributed by atoms with Crippen LogP contribution in [0.2, 0.25) is 0 Å². The van der Waals surface area contributed by atoms with Gasteiger partial charge in [-0.25, -0.2) is 0 Å². The van der Waals surface area contributed by atoms with Crippen LogP contribution in [0.4, 0.5) is 0 Å². The number of hydrazine groups is 1. The topological polar surface area (TPSA) is 94.5 Å². The van der Waals surface area contributed by atoms with E-state index >= 15 is 0 Å². The number of nitrogens with zero attached hydrogens (tertiary/aromatic N) is 2. The molecule has 0 saturated heterocycles. The van der Waals surface area contributed by atoms with E-state index in [0.717, 1.165) is 0 Å². The summed E-state index contributed by atoms with van der Waals surface area (Å²) < 4.78 is 12.3. The first-order valence-corrected chi connectivity index (χ1v) is 7.34. The molecule has 24 heavy (non-hydrogen) atoms. The van der Waals surface area contributed by atoms with Crippen molar-refractivity contribution in [2.24, 2.45) is 7.05 Å². The molecule has 0 radical (unpaired) electrons. The van der Waals surface area contributed by atoms with Gasteiger partial charge in [-0.2, -0.15) is 5.10 Å². The average Bonchev–Trinajstić information content (AvgIpc) is 2.98. The van der Waals surface area contributed by atoms with Crippen molar-refractivity contribution >= 4 is 11.8 Å². The minimum Gasteiger partial charge on any atom is -0.493 e. The Morgan fingerprint density at radius 2 is 1.79 bits per heavy atom. The summed E-state index contributed by atoms with van der Waals surface area (Å²) in [6, 6.07) is 4.78. The highest BCUT2D eigenvalue weighted by Crippen LogP contribution is 2.28. The minimum atomic E-state index is -0.471. The van der Waals surface area contributed by atoms with Crippen molar-refractivity contribution in [2.45, 2.75) is 20.0 Å². The second-order valence-electron chi connectivity index (χ2n) is 5.34. The van der Waals surface area contributed by atoms with E-state index in [-0.39, 0.29) is 6.10 Å². The molecule has 2 aromatic rings. The maximum atomic E-state index is 12.1. The molecule has 0 atom stereocenters. The Morgan fingerprint density at radius 1 is 1.12 bits per heavy atom. The molecule has 2 amide bonds. The number of methoxy groups -OCH3 is 1. The molecule has 0 unspecified atom stereocenters. The molecule has 128 valence electrons. The largest absolute Gasteiger partial charge is 0.493 e.